The zero-order chi connectivity index (χ0) is 20.2. The van der Waals surface area contributed by atoms with Crippen molar-refractivity contribution in [3.8, 4) is 0 Å². The summed E-state index contributed by atoms with van der Waals surface area (Å²) in [5, 5.41) is 5.98. The number of morpholine rings is 1. The van der Waals surface area contributed by atoms with Crippen LogP contribution in [0.4, 0.5) is 5.82 Å². The minimum Gasteiger partial charge on any atom is -0.377 e. The molecule has 0 aliphatic carbocycles. The molecule has 1 fully saturated rings. The van der Waals surface area contributed by atoms with Gasteiger partial charge in [0.2, 0.25) is 0 Å². The molecule has 5 heterocycles. The second-order valence-corrected chi connectivity index (χ2v) is 9.23. The van der Waals surface area contributed by atoms with Gasteiger partial charge in [-0.05, 0) is 25.1 Å². The summed E-state index contributed by atoms with van der Waals surface area (Å²) in [6.45, 7) is 4.59. The first kappa shape index (κ1) is 18.2. The highest BCUT2D eigenvalue weighted by molar-refractivity contribution is 7.90. The molecule has 0 saturated carbocycles. The maximum absolute atomic E-state index is 12.1. The number of rotatable bonds is 2. The van der Waals surface area contributed by atoms with Crippen LogP contribution in [0.5, 0.6) is 0 Å². The molecule has 9 nitrogen and oxygen atoms in total. The molecule has 2 aliphatic rings. The van der Waals surface area contributed by atoms with E-state index in [9.17, 15) is 8.42 Å². The van der Waals surface area contributed by atoms with Crippen LogP contribution >= 0.6 is 0 Å². The van der Waals surface area contributed by atoms with Gasteiger partial charge in [-0.2, -0.15) is 9.78 Å². The van der Waals surface area contributed by atoms with E-state index in [1.54, 1.807) is 16.9 Å². The minimum atomic E-state index is -3.45. The van der Waals surface area contributed by atoms with Gasteiger partial charge in [0, 0.05) is 18.2 Å². The van der Waals surface area contributed by atoms with Crippen molar-refractivity contribution >= 4 is 43.4 Å². The lowest BCUT2D eigenvalue weighted by atomic mass is 10.1. The number of aromatic nitrogens is 4. The molecule has 0 N–H and O–H groups in total. The van der Waals surface area contributed by atoms with Crippen LogP contribution in [0.2, 0.25) is 0 Å². The smallest absolute Gasteiger partial charge is 0.192 e. The molecule has 10 heteroatoms. The molecule has 3 aromatic rings. The number of hydrogen-bond acceptors (Lipinski definition) is 8. The van der Waals surface area contributed by atoms with Gasteiger partial charge < -0.3 is 9.64 Å². The zero-order valence-electron chi connectivity index (χ0n) is 16.1. The van der Waals surface area contributed by atoms with Crippen molar-refractivity contribution in [1.82, 2.24) is 19.7 Å². The van der Waals surface area contributed by atoms with Gasteiger partial charge in [-0.15, -0.1) is 0 Å². The lowest BCUT2D eigenvalue weighted by Crippen LogP contribution is -2.44. The van der Waals surface area contributed by atoms with Gasteiger partial charge >= 0.3 is 0 Å². The Labute approximate surface area is 167 Å². The molecule has 3 aromatic heterocycles. The molecular formula is C19H20N6O3S. The molecule has 150 valence electrons. The average Bonchev–Trinajstić information content (AvgIpc) is 3.36. The van der Waals surface area contributed by atoms with Gasteiger partial charge in [-0.25, -0.2) is 18.4 Å². The minimum absolute atomic E-state index is 0.0318. The summed E-state index contributed by atoms with van der Waals surface area (Å²) in [7, 11) is -3.45. The number of nitrogens with zero attached hydrogens (tertiary/aromatic N) is 6. The molecule has 29 heavy (non-hydrogen) atoms. The molecule has 0 radical (unpaired) electrons. The van der Waals surface area contributed by atoms with Crippen LogP contribution in [0.25, 0.3) is 21.9 Å². The Morgan fingerprint density at radius 1 is 1.21 bits per heavy atom. The molecule has 0 bridgehead atoms. The first-order valence-corrected chi connectivity index (χ1v) is 11.3. The zero-order valence-corrected chi connectivity index (χ0v) is 16.9. The van der Waals surface area contributed by atoms with E-state index in [4.69, 9.17) is 9.72 Å². The first-order valence-electron chi connectivity index (χ1n) is 9.38. The predicted molar refractivity (Wildman–Crippen MR) is 110 cm³/mol. The van der Waals surface area contributed by atoms with Gasteiger partial charge in [0.05, 0.1) is 42.9 Å². The monoisotopic (exact) mass is 412 g/mol. The normalized spacial score (nSPS) is 20.0. The second-order valence-electron chi connectivity index (χ2n) is 7.27. The lowest BCUT2D eigenvalue weighted by molar-refractivity contribution is 0.0987. The van der Waals surface area contributed by atoms with Gasteiger partial charge in [-0.1, -0.05) is 6.08 Å². The lowest BCUT2D eigenvalue weighted by Gasteiger charge is -2.35. The molecule has 0 aromatic carbocycles. The van der Waals surface area contributed by atoms with Crippen LogP contribution in [0.3, 0.4) is 0 Å². The van der Waals surface area contributed by atoms with Crippen molar-refractivity contribution in [2.75, 3.05) is 37.5 Å². The van der Waals surface area contributed by atoms with E-state index in [-0.39, 0.29) is 11.1 Å². The number of sulfone groups is 1. The topological polar surface area (TPSA) is 103 Å². The Hall–Kier alpha value is -2.85. The molecule has 1 saturated heterocycles. The number of pyridine rings is 2. The molecule has 5 rings (SSSR count). The fourth-order valence-corrected chi connectivity index (χ4v) is 4.31. The van der Waals surface area contributed by atoms with E-state index >= 15 is 0 Å². The van der Waals surface area contributed by atoms with Gasteiger partial charge in [0.1, 0.15) is 5.82 Å². The van der Waals surface area contributed by atoms with E-state index < -0.39 is 9.84 Å². The van der Waals surface area contributed by atoms with E-state index in [0.29, 0.717) is 48.7 Å². The maximum atomic E-state index is 12.1. The highest BCUT2D eigenvalue weighted by Gasteiger charge is 2.26. The fraction of sp³-hybridized carbons (Fsp3) is 0.368. The van der Waals surface area contributed by atoms with Crippen LogP contribution < -0.4 is 4.90 Å². The van der Waals surface area contributed by atoms with E-state index in [1.807, 2.05) is 12.2 Å². The summed E-state index contributed by atoms with van der Waals surface area (Å²) in [5.74, 6) is 1.45. The predicted octanol–water partition coefficient (Wildman–Crippen LogP) is 1.42. The van der Waals surface area contributed by atoms with Gasteiger partial charge in [0.15, 0.2) is 26.3 Å². The highest BCUT2D eigenvalue weighted by Crippen LogP contribution is 2.33. The van der Waals surface area contributed by atoms with Crippen LogP contribution in [-0.4, -0.2) is 72.6 Å². The van der Waals surface area contributed by atoms with Crippen molar-refractivity contribution in [3.05, 3.63) is 30.5 Å². The van der Waals surface area contributed by atoms with Crippen LogP contribution in [0, 0.1) is 0 Å². The summed E-state index contributed by atoms with van der Waals surface area (Å²) in [6.07, 6.45) is 6.68. The molecule has 1 atom stereocenters. The Kier molecular flexibility index (Phi) is 4.14. The van der Waals surface area contributed by atoms with Gasteiger partial charge in [-0.3, -0.25) is 4.99 Å². The summed E-state index contributed by atoms with van der Waals surface area (Å²) in [6, 6.07) is 3.45. The number of aliphatic imine (C=N–C) groups is 1. The second kappa shape index (κ2) is 6.60. The molecule has 0 spiro atoms. The Morgan fingerprint density at radius 2 is 2.07 bits per heavy atom. The van der Waals surface area contributed by atoms with Crippen molar-refractivity contribution in [2.24, 2.45) is 4.99 Å². The van der Waals surface area contributed by atoms with Crippen molar-refractivity contribution in [1.29, 1.82) is 0 Å². The van der Waals surface area contributed by atoms with E-state index in [0.717, 1.165) is 17.5 Å². The molecule has 0 unspecified atom stereocenters. The Morgan fingerprint density at radius 3 is 2.79 bits per heavy atom. The largest absolute Gasteiger partial charge is 0.377 e. The summed E-state index contributed by atoms with van der Waals surface area (Å²) >= 11 is 0. The van der Waals surface area contributed by atoms with E-state index in [2.05, 4.69) is 26.9 Å². The highest BCUT2D eigenvalue weighted by atomic mass is 32.2. The maximum Gasteiger partial charge on any atom is 0.192 e. The third-order valence-electron chi connectivity index (χ3n) is 5.18. The number of hydrogen-bond donors (Lipinski definition) is 0. The number of anilines is 1. The quantitative estimate of drug-likeness (QED) is 0.627. The Balaban J connectivity index is 1.84. The Bertz CT molecular complexity index is 1290. The summed E-state index contributed by atoms with van der Waals surface area (Å²) < 4.78 is 31.5. The summed E-state index contributed by atoms with van der Waals surface area (Å²) in [4.78, 5) is 16.1. The van der Waals surface area contributed by atoms with Crippen LogP contribution in [0.1, 0.15) is 6.92 Å². The molecule has 0 amide bonds. The van der Waals surface area contributed by atoms with Crippen molar-refractivity contribution in [3.63, 3.8) is 0 Å². The average molecular weight is 412 g/mol. The first-order chi connectivity index (χ1) is 13.9. The molecular weight excluding hydrogens is 392 g/mol. The number of ether oxygens (including phenoxy) is 1. The van der Waals surface area contributed by atoms with Crippen LogP contribution in [-0.2, 0) is 14.6 Å². The van der Waals surface area contributed by atoms with Crippen molar-refractivity contribution in [2.45, 2.75) is 18.0 Å². The third kappa shape index (κ3) is 2.99. The number of fused-ring (bicyclic) bond motifs is 3. The standard InChI is InChI=1S/C19H20N6O3S/c1-12-11-28-9-8-24(12)18-13-5-6-16(29(2,26)27)22-17(13)14-10-21-25(19(14)23-18)15-4-3-7-20-15/h3-6,10,12H,7-9,11H2,1-2H3/t12-/m1/s1. The fourth-order valence-electron chi connectivity index (χ4n) is 3.73. The summed E-state index contributed by atoms with van der Waals surface area (Å²) in [5.41, 5.74) is 1.18. The van der Waals surface area contributed by atoms with Crippen molar-refractivity contribution < 1.29 is 13.2 Å². The number of allylic oxidation sites excluding steroid dienone is 1. The van der Waals surface area contributed by atoms with Gasteiger partial charge in [0.25, 0.3) is 0 Å². The molecule has 2 aliphatic heterocycles. The third-order valence-corrected chi connectivity index (χ3v) is 6.17. The van der Waals surface area contributed by atoms with E-state index in [1.165, 1.54) is 6.07 Å². The van der Waals surface area contributed by atoms with Crippen LogP contribution in [0.15, 0.2) is 40.5 Å². The SMILES string of the molecule is C[C@@H]1COCCN1c1nc2c(cnn2C2=NCC=C2)c2nc(S(C)(=O)=O)ccc12.